The molecule has 0 saturated carbocycles. The molecule has 0 bridgehead atoms. The third-order valence-electron chi connectivity index (χ3n) is 4.62. The van der Waals surface area contributed by atoms with Crippen molar-refractivity contribution in [3.05, 3.63) is 99.4 Å². The molecular weight excluding hydrogens is 477 g/mol. The molecule has 0 aromatic heterocycles. The van der Waals surface area contributed by atoms with E-state index in [2.05, 4.69) is 20.9 Å². The minimum atomic E-state index is -0.527. The van der Waals surface area contributed by atoms with Crippen LogP contribution in [-0.2, 0) is 16.1 Å². The maximum absolute atomic E-state index is 13.9. The largest absolute Gasteiger partial charge is 0.490 e. The number of ether oxygens (including phenoxy) is 3. The van der Waals surface area contributed by atoms with Crippen molar-refractivity contribution in [2.75, 3.05) is 6.61 Å². The second-order valence-electron chi connectivity index (χ2n) is 6.86. The zero-order valence-electron chi connectivity index (χ0n) is 17.2. The molecule has 0 atom stereocenters. The van der Waals surface area contributed by atoms with Crippen LogP contribution in [0.2, 0.25) is 0 Å². The van der Waals surface area contributed by atoms with Crippen molar-refractivity contribution in [1.29, 1.82) is 0 Å². The Labute approximate surface area is 193 Å². The summed E-state index contributed by atoms with van der Waals surface area (Å²) < 4.78 is 31.6. The van der Waals surface area contributed by atoms with E-state index >= 15 is 0 Å². The Balaban J connectivity index is 1.56. The molecule has 0 spiro atoms. The number of cyclic esters (lactones) is 1. The first-order chi connectivity index (χ1) is 15.5. The molecule has 1 heterocycles. The van der Waals surface area contributed by atoms with Crippen molar-refractivity contribution < 1.29 is 23.4 Å². The number of hydrogen-bond donors (Lipinski definition) is 0. The lowest BCUT2D eigenvalue weighted by Gasteiger charge is -2.13. The van der Waals surface area contributed by atoms with Crippen LogP contribution in [0.5, 0.6) is 11.5 Å². The summed E-state index contributed by atoms with van der Waals surface area (Å²) >= 11 is 3.38. The van der Waals surface area contributed by atoms with Gasteiger partial charge in [-0.1, -0.05) is 40.2 Å². The van der Waals surface area contributed by atoms with E-state index < -0.39 is 5.97 Å². The first-order valence-corrected chi connectivity index (χ1v) is 10.7. The number of aliphatic imine (C=N–C) groups is 1. The summed E-state index contributed by atoms with van der Waals surface area (Å²) in [5, 5.41) is 0. The van der Waals surface area contributed by atoms with Gasteiger partial charge in [0, 0.05) is 15.6 Å². The quantitative estimate of drug-likeness (QED) is 0.302. The van der Waals surface area contributed by atoms with E-state index in [0.29, 0.717) is 34.8 Å². The van der Waals surface area contributed by atoms with Gasteiger partial charge in [0.1, 0.15) is 12.4 Å². The maximum atomic E-state index is 13.9. The van der Waals surface area contributed by atoms with Crippen LogP contribution in [0.25, 0.3) is 6.08 Å². The molecule has 7 heteroatoms. The smallest absolute Gasteiger partial charge is 0.363 e. The Hall–Kier alpha value is -3.45. The lowest BCUT2D eigenvalue weighted by atomic mass is 10.1. The summed E-state index contributed by atoms with van der Waals surface area (Å²) in [5.74, 6) is 0.363. The Morgan fingerprint density at radius 3 is 2.56 bits per heavy atom. The summed E-state index contributed by atoms with van der Waals surface area (Å²) in [5.41, 5.74) is 2.03. The van der Waals surface area contributed by atoms with Gasteiger partial charge >= 0.3 is 5.97 Å². The highest BCUT2D eigenvalue weighted by atomic mass is 79.9. The van der Waals surface area contributed by atoms with Crippen LogP contribution in [0, 0.1) is 5.82 Å². The van der Waals surface area contributed by atoms with E-state index in [-0.39, 0.29) is 24.0 Å². The summed E-state index contributed by atoms with van der Waals surface area (Å²) in [7, 11) is 0. The molecule has 3 aromatic carbocycles. The number of hydrogen-bond acceptors (Lipinski definition) is 5. The van der Waals surface area contributed by atoms with E-state index in [1.165, 1.54) is 6.07 Å². The van der Waals surface area contributed by atoms with Crippen molar-refractivity contribution in [1.82, 2.24) is 0 Å². The molecule has 0 aliphatic carbocycles. The first-order valence-electron chi connectivity index (χ1n) is 9.95. The van der Waals surface area contributed by atoms with Crippen LogP contribution >= 0.6 is 15.9 Å². The van der Waals surface area contributed by atoms with Gasteiger partial charge in [-0.3, -0.25) is 0 Å². The zero-order chi connectivity index (χ0) is 22.5. The molecule has 1 aliphatic heterocycles. The Kier molecular flexibility index (Phi) is 6.66. The Morgan fingerprint density at radius 1 is 1.03 bits per heavy atom. The fraction of sp³-hybridized carbons (Fsp3) is 0.120. The third kappa shape index (κ3) is 5.06. The molecule has 3 aromatic rings. The summed E-state index contributed by atoms with van der Waals surface area (Å²) in [6.45, 7) is 2.35. The molecule has 0 N–H and O–H groups in total. The SMILES string of the molecule is CCOc1cc(/C=C2\N=C(c3ccc(Br)cc3)OC2=O)ccc1OCc1ccccc1F. The van der Waals surface area contributed by atoms with E-state index in [4.69, 9.17) is 14.2 Å². The topological polar surface area (TPSA) is 57.1 Å². The van der Waals surface area contributed by atoms with Crippen LogP contribution in [-0.4, -0.2) is 18.5 Å². The van der Waals surface area contributed by atoms with Gasteiger partial charge in [0.05, 0.1) is 6.61 Å². The molecule has 0 fully saturated rings. The fourth-order valence-corrected chi connectivity index (χ4v) is 3.32. The van der Waals surface area contributed by atoms with Crippen LogP contribution in [0.15, 0.2) is 81.9 Å². The maximum Gasteiger partial charge on any atom is 0.363 e. The standard InChI is InChI=1S/C25H19BrFNO4/c1-2-30-23-14-16(7-12-22(23)31-15-18-5-3-4-6-20(18)27)13-21-25(29)32-24(28-21)17-8-10-19(26)11-9-17/h3-14H,2,15H2,1H3/b21-13-. The lowest BCUT2D eigenvalue weighted by molar-refractivity contribution is -0.129. The summed E-state index contributed by atoms with van der Waals surface area (Å²) in [6, 6.07) is 19.0. The third-order valence-corrected chi connectivity index (χ3v) is 5.15. The minimum absolute atomic E-state index is 0.0698. The molecule has 0 radical (unpaired) electrons. The Bertz CT molecular complexity index is 1200. The monoisotopic (exact) mass is 495 g/mol. The van der Waals surface area contributed by atoms with Gasteiger partial charge in [-0.15, -0.1) is 0 Å². The Morgan fingerprint density at radius 2 is 1.81 bits per heavy atom. The highest BCUT2D eigenvalue weighted by Crippen LogP contribution is 2.31. The predicted molar refractivity (Wildman–Crippen MR) is 123 cm³/mol. The molecular formula is C25H19BrFNO4. The van der Waals surface area contributed by atoms with Crippen molar-refractivity contribution in [3.63, 3.8) is 0 Å². The van der Waals surface area contributed by atoms with Gasteiger partial charge < -0.3 is 14.2 Å². The van der Waals surface area contributed by atoms with Crippen molar-refractivity contribution in [2.45, 2.75) is 13.5 Å². The highest BCUT2D eigenvalue weighted by Gasteiger charge is 2.24. The first kappa shape index (κ1) is 21.8. The van der Waals surface area contributed by atoms with Crippen molar-refractivity contribution in [2.24, 2.45) is 4.99 Å². The number of rotatable bonds is 7. The minimum Gasteiger partial charge on any atom is -0.490 e. The number of nitrogens with zero attached hydrogens (tertiary/aromatic N) is 1. The second kappa shape index (κ2) is 9.78. The molecule has 162 valence electrons. The van der Waals surface area contributed by atoms with Crippen molar-refractivity contribution in [3.8, 4) is 11.5 Å². The lowest BCUT2D eigenvalue weighted by Crippen LogP contribution is -2.05. The average molecular weight is 496 g/mol. The number of esters is 1. The molecule has 32 heavy (non-hydrogen) atoms. The number of carbonyl (C=O) groups is 1. The molecule has 5 nitrogen and oxygen atoms in total. The molecule has 0 unspecified atom stereocenters. The van der Waals surface area contributed by atoms with E-state index in [1.807, 2.05) is 31.2 Å². The average Bonchev–Trinajstić information content (AvgIpc) is 3.15. The van der Waals surface area contributed by atoms with Gasteiger partial charge in [-0.2, -0.15) is 0 Å². The van der Waals surface area contributed by atoms with Crippen LogP contribution in [0.4, 0.5) is 4.39 Å². The van der Waals surface area contributed by atoms with Gasteiger partial charge in [0.2, 0.25) is 5.90 Å². The highest BCUT2D eigenvalue weighted by molar-refractivity contribution is 9.10. The molecule has 0 saturated heterocycles. The summed E-state index contributed by atoms with van der Waals surface area (Å²) in [4.78, 5) is 16.6. The number of benzene rings is 3. The van der Waals surface area contributed by atoms with Crippen molar-refractivity contribution >= 4 is 33.9 Å². The van der Waals surface area contributed by atoms with Gasteiger partial charge in [0.25, 0.3) is 0 Å². The second-order valence-corrected chi connectivity index (χ2v) is 7.78. The van der Waals surface area contributed by atoms with Gasteiger partial charge in [0.15, 0.2) is 17.2 Å². The molecule has 0 amide bonds. The summed E-state index contributed by atoms with van der Waals surface area (Å²) in [6.07, 6.45) is 1.62. The van der Waals surface area contributed by atoms with E-state index in [0.717, 1.165) is 4.47 Å². The number of halogens is 2. The normalized spacial score (nSPS) is 14.3. The molecule has 4 rings (SSSR count). The fourth-order valence-electron chi connectivity index (χ4n) is 3.06. The number of carbonyl (C=O) groups excluding carboxylic acids is 1. The molecule has 1 aliphatic rings. The zero-order valence-corrected chi connectivity index (χ0v) is 18.8. The van der Waals surface area contributed by atoms with Gasteiger partial charge in [-0.05, 0) is 61.0 Å². The van der Waals surface area contributed by atoms with Gasteiger partial charge in [-0.25, -0.2) is 14.2 Å². The van der Waals surface area contributed by atoms with Crippen LogP contribution in [0.3, 0.4) is 0 Å². The van der Waals surface area contributed by atoms with E-state index in [9.17, 15) is 9.18 Å². The van der Waals surface area contributed by atoms with Crippen LogP contribution < -0.4 is 9.47 Å². The predicted octanol–water partition coefficient (Wildman–Crippen LogP) is 5.91. The van der Waals surface area contributed by atoms with Crippen LogP contribution in [0.1, 0.15) is 23.6 Å². The van der Waals surface area contributed by atoms with E-state index in [1.54, 1.807) is 42.5 Å².